The number of pyridine rings is 1. The largest absolute Gasteiger partial charge is 0.389 e. The summed E-state index contributed by atoms with van der Waals surface area (Å²) in [6, 6.07) is 10.1. The number of hydrogen-bond donors (Lipinski definition) is 3. The van der Waals surface area contributed by atoms with Crippen LogP contribution in [0.25, 0.3) is 10.9 Å². The number of nitrogens with zero attached hydrogens (tertiary/aromatic N) is 2. The fourth-order valence-corrected chi connectivity index (χ4v) is 2.76. The molecule has 1 fully saturated rings. The van der Waals surface area contributed by atoms with Crippen molar-refractivity contribution < 1.29 is 10.2 Å². The highest BCUT2D eigenvalue weighted by atomic mass is 16.3. The van der Waals surface area contributed by atoms with Crippen LogP contribution in [0.1, 0.15) is 12.5 Å². The molecule has 3 rings (SSSR count). The van der Waals surface area contributed by atoms with Gasteiger partial charge in [-0.05, 0) is 18.7 Å². The van der Waals surface area contributed by atoms with Crippen molar-refractivity contribution in [3.8, 4) is 0 Å². The zero-order valence-electron chi connectivity index (χ0n) is 12.2. The Morgan fingerprint density at radius 1 is 1.24 bits per heavy atom. The molecule has 2 unspecified atom stereocenters. The Balaban J connectivity index is 2.01. The Labute approximate surface area is 124 Å². The highest BCUT2D eigenvalue weighted by Crippen LogP contribution is 2.26. The second-order valence-corrected chi connectivity index (χ2v) is 5.48. The highest BCUT2D eigenvalue weighted by Gasteiger charge is 2.31. The highest BCUT2D eigenvalue weighted by molar-refractivity contribution is 5.82. The molecule has 5 heteroatoms. The van der Waals surface area contributed by atoms with Crippen LogP contribution in [0, 0.1) is 0 Å². The van der Waals surface area contributed by atoms with E-state index in [4.69, 9.17) is 4.98 Å². The molecular weight excluding hydrogens is 266 g/mol. The fraction of sp³-hybridized carbons (Fsp3) is 0.438. The van der Waals surface area contributed by atoms with Crippen molar-refractivity contribution in [2.24, 2.45) is 0 Å². The van der Waals surface area contributed by atoms with E-state index >= 15 is 0 Å². The molecule has 112 valence electrons. The van der Waals surface area contributed by atoms with E-state index in [9.17, 15) is 10.2 Å². The van der Waals surface area contributed by atoms with Crippen molar-refractivity contribution in [2.75, 3.05) is 24.5 Å². The second-order valence-electron chi connectivity index (χ2n) is 5.48. The van der Waals surface area contributed by atoms with E-state index in [2.05, 4.69) is 24.4 Å². The van der Waals surface area contributed by atoms with Gasteiger partial charge in [-0.1, -0.05) is 25.1 Å². The molecule has 1 aliphatic heterocycles. The monoisotopic (exact) mass is 287 g/mol. The molecule has 0 radical (unpaired) electrons. The van der Waals surface area contributed by atoms with Crippen LogP contribution in [0.2, 0.25) is 0 Å². The van der Waals surface area contributed by atoms with Crippen LogP contribution >= 0.6 is 0 Å². The molecule has 1 aliphatic rings. The molecule has 2 aromatic rings. The van der Waals surface area contributed by atoms with E-state index in [1.165, 1.54) is 0 Å². The number of para-hydroxylation sites is 1. The lowest BCUT2D eigenvalue weighted by Crippen LogP contribution is -2.25. The lowest BCUT2D eigenvalue weighted by Gasteiger charge is -2.21. The summed E-state index contributed by atoms with van der Waals surface area (Å²) in [6.45, 7) is 4.53. The minimum absolute atomic E-state index is 0.422. The van der Waals surface area contributed by atoms with Gasteiger partial charge in [-0.3, -0.25) is 0 Å². The van der Waals surface area contributed by atoms with Gasteiger partial charge in [-0.2, -0.15) is 0 Å². The fourth-order valence-electron chi connectivity index (χ4n) is 2.76. The molecule has 0 bridgehead atoms. The van der Waals surface area contributed by atoms with E-state index in [0.29, 0.717) is 13.1 Å². The predicted octanol–water partition coefficient (Wildman–Crippen LogP) is 0.886. The number of aliphatic hydroxyl groups excluding tert-OH is 2. The van der Waals surface area contributed by atoms with E-state index in [-0.39, 0.29) is 0 Å². The van der Waals surface area contributed by atoms with Gasteiger partial charge in [0, 0.05) is 30.6 Å². The zero-order valence-corrected chi connectivity index (χ0v) is 12.2. The van der Waals surface area contributed by atoms with E-state index < -0.39 is 12.2 Å². The number of β-amino-alcohol motifs (C(OH)–C–C–N with tert-alkyl or cyclic N) is 2. The summed E-state index contributed by atoms with van der Waals surface area (Å²) in [6.07, 6.45) is -1.41. The molecule has 5 nitrogen and oxygen atoms in total. The molecule has 0 spiro atoms. The topological polar surface area (TPSA) is 68.6 Å². The third-order valence-corrected chi connectivity index (χ3v) is 3.90. The Morgan fingerprint density at radius 3 is 2.67 bits per heavy atom. The van der Waals surface area contributed by atoms with Gasteiger partial charge in [0.1, 0.15) is 5.82 Å². The number of benzene rings is 1. The predicted molar refractivity (Wildman–Crippen MR) is 83.4 cm³/mol. The molecule has 0 saturated carbocycles. The van der Waals surface area contributed by atoms with Crippen molar-refractivity contribution >= 4 is 16.7 Å². The number of aliphatic hydroxyl groups is 2. The minimum atomic E-state index is -0.703. The van der Waals surface area contributed by atoms with Gasteiger partial charge in [0.15, 0.2) is 0 Å². The first-order valence-corrected chi connectivity index (χ1v) is 7.39. The maximum Gasteiger partial charge on any atom is 0.133 e. The second kappa shape index (κ2) is 5.97. The Hall–Kier alpha value is -1.69. The third kappa shape index (κ3) is 2.85. The Kier molecular flexibility index (Phi) is 4.05. The average molecular weight is 287 g/mol. The normalized spacial score (nSPS) is 22.1. The first-order chi connectivity index (χ1) is 10.2. The molecule has 21 heavy (non-hydrogen) atoms. The van der Waals surface area contributed by atoms with E-state index in [1.54, 1.807) is 0 Å². The van der Waals surface area contributed by atoms with E-state index in [0.717, 1.165) is 35.4 Å². The van der Waals surface area contributed by atoms with Crippen molar-refractivity contribution in [2.45, 2.75) is 25.7 Å². The number of fused-ring (bicyclic) bond motifs is 1. The van der Waals surface area contributed by atoms with Crippen molar-refractivity contribution in [1.82, 2.24) is 10.3 Å². The summed E-state index contributed by atoms with van der Waals surface area (Å²) in [7, 11) is 0. The number of anilines is 1. The van der Waals surface area contributed by atoms with Gasteiger partial charge in [-0.25, -0.2) is 4.98 Å². The number of hydrogen-bond acceptors (Lipinski definition) is 5. The molecule has 2 heterocycles. The molecule has 3 N–H and O–H groups in total. The van der Waals surface area contributed by atoms with Gasteiger partial charge in [-0.15, -0.1) is 0 Å². The molecular formula is C16H21N3O2. The van der Waals surface area contributed by atoms with Crippen LogP contribution < -0.4 is 10.2 Å². The smallest absolute Gasteiger partial charge is 0.133 e. The molecule has 1 aromatic carbocycles. The lowest BCUT2D eigenvalue weighted by molar-refractivity contribution is 0.0572. The molecule has 2 atom stereocenters. The standard InChI is InChI=1S/C16H21N3O2/c1-2-17-8-12-7-11-5-3-4-6-13(11)18-16(12)19-9-14(20)15(21)10-19/h3-7,14-15,17,20-21H,2,8-10H2,1H3. The molecule has 1 aromatic heterocycles. The zero-order chi connectivity index (χ0) is 14.8. The van der Waals surface area contributed by atoms with Crippen LogP contribution in [0.3, 0.4) is 0 Å². The van der Waals surface area contributed by atoms with Crippen LogP contribution in [0.5, 0.6) is 0 Å². The first kappa shape index (κ1) is 14.3. The Bertz CT molecular complexity index is 622. The molecule has 0 amide bonds. The van der Waals surface area contributed by atoms with Crippen molar-refractivity contribution in [1.29, 1.82) is 0 Å². The van der Waals surface area contributed by atoms with Gasteiger partial charge < -0.3 is 20.4 Å². The van der Waals surface area contributed by atoms with Crippen LogP contribution in [0.15, 0.2) is 30.3 Å². The van der Waals surface area contributed by atoms with Gasteiger partial charge in [0.2, 0.25) is 0 Å². The summed E-state index contributed by atoms with van der Waals surface area (Å²) >= 11 is 0. The summed E-state index contributed by atoms with van der Waals surface area (Å²) in [5.41, 5.74) is 2.03. The lowest BCUT2D eigenvalue weighted by atomic mass is 10.1. The number of aromatic nitrogens is 1. The molecule has 1 saturated heterocycles. The Morgan fingerprint density at radius 2 is 1.95 bits per heavy atom. The number of nitrogens with one attached hydrogen (secondary N) is 1. The molecule has 0 aliphatic carbocycles. The average Bonchev–Trinajstić information content (AvgIpc) is 2.83. The maximum absolute atomic E-state index is 9.77. The van der Waals surface area contributed by atoms with Gasteiger partial charge in [0.05, 0.1) is 17.7 Å². The van der Waals surface area contributed by atoms with Crippen molar-refractivity contribution in [3.63, 3.8) is 0 Å². The van der Waals surface area contributed by atoms with E-state index in [1.807, 2.05) is 23.1 Å². The number of rotatable bonds is 4. The SMILES string of the molecule is CCNCc1cc2ccccc2nc1N1CC(O)C(O)C1. The quantitative estimate of drug-likeness (QED) is 0.779. The summed E-state index contributed by atoms with van der Waals surface area (Å²) in [5, 5.41) is 24.0. The van der Waals surface area contributed by atoms with Gasteiger partial charge in [0.25, 0.3) is 0 Å². The third-order valence-electron chi connectivity index (χ3n) is 3.90. The van der Waals surface area contributed by atoms with Crippen molar-refractivity contribution in [3.05, 3.63) is 35.9 Å². The summed E-state index contributed by atoms with van der Waals surface area (Å²) in [5.74, 6) is 0.852. The first-order valence-electron chi connectivity index (χ1n) is 7.39. The maximum atomic E-state index is 9.77. The minimum Gasteiger partial charge on any atom is -0.389 e. The van der Waals surface area contributed by atoms with Crippen LogP contribution in [-0.2, 0) is 6.54 Å². The van der Waals surface area contributed by atoms with Crippen LogP contribution in [0.4, 0.5) is 5.82 Å². The summed E-state index contributed by atoms with van der Waals surface area (Å²) in [4.78, 5) is 6.71. The summed E-state index contributed by atoms with van der Waals surface area (Å²) < 4.78 is 0. The van der Waals surface area contributed by atoms with Crippen LogP contribution in [-0.4, -0.2) is 47.0 Å². The van der Waals surface area contributed by atoms with Gasteiger partial charge >= 0.3 is 0 Å².